The Hall–Kier alpha value is -1.40. The first-order chi connectivity index (χ1) is 8.61. The number of thiophene rings is 1. The molecule has 6 heteroatoms. The molecule has 1 aromatic carbocycles. The lowest BCUT2D eigenvalue weighted by Crippen LogP contribution is -2.11. The molecule has 0 saturated carbocycles. The van der Waals surface area contributed by atoms with Gasteiger partial charge in [-0.25, -0.2) is 4.39 Å². The van der Waals surface area contributed by atoms with E-state index in [1.807, 2.05) is 0 Å². The van der Waals surface area contributed by atoms with E-state index in [9.17, 15) is 9.18 Å². The lowest BCUT2D eigenvalue weighted by atomic mass is 10.3. The number of carbonyl (C=O) groups is 1. The van der Waals surface area contributed by atoms with Gasteiger partial charge in [-0.05, 0) is 39.5 Å². The fourth-order valence-electron chi connectivity index (χ4n) is 1.36. The number of methoxy groups -OCH3 is 1. The Morgan fingerprint density at radius 1 is 1.44 bits per heavy atom. The van der Waals surface area contributed by atoms with Gasteiger partial charge in [0.1, 0.15) is 16.4 Å². The number of benzene rings is 1. The molecule has 94 valence electrons. The zero-order chi connectivity index (χ0) is 13.1. The molecule has 0 atom stereocenters. The summed E-state index contributed by atoms with van der Waals surface area (Å²) < 4.78 is 19.2. The van der Waals surface area contributed by atoms with Gasteiger partial charge in [-0.3, -0.25) is 4.79 Å². The third-order valence-corrected chi connectivity index (χ3v) is 4.08. The van der Waals surface area contributed by atoms with Gasteiger partial charge in [-0.2, -0.15) is 0 Å². The maximum absolute atomic E-state index is 13.6. The molecule has 2 rings (SSSR count). The summed E-state index contributed by atoms with van der Waals surface area (Å²) in [4.78, 5) is 12.4. The van der Waals surface area contributed by atoms with Gasteiger partial charge in [0, 0.05) is 10.5 Å². The van der Waals surface area contributed by atoms with Crippen molar-refractivity contribution in [3.63, 3.8) is 0 Å². The molecule has 0 saturated heterocycles. The van der Waals surface area contributed by atoms with Crippen molar-refractivity contribution in [2.75, 3.05) is 12.4 Å². The first-order valence-electron chi connectivity index (χ1n) is 4.99. The predicted octanol–water partition coefficient (Wildman–Crippen LogP) is 3.91. The summed E-state index contributed by atoms with van der Waals surface area (Å²) in [5, 5.41) is 4.30. The quantitative estimate of drug-likeness (QED) is 0.927. The Balaban J connectivity index is 2.20. The van der Waals surface area contributed by atoms with E-state index in [2.05, 4.69) is 21.2 Å². The summed E-state index contributed by atoms with van der Waals surface area (Å²) in [5.74, 6) is -0.473. The Kier molecular flexibility index (Phi) is 3.98. The predicted molar refractivity (Wildman–Crippen MR) is 72.9 cm³/mol. The van der Waals surface area contributed by atoms with Crippen molar-refractivity contribution < 1.29 is 13.9 Å². The highest BCUT2D eigenvalue weighted by atomic mass is 79.9. The highest BCUT2D eigenvalue weighted by molar-refractivity contribution is 9.10. The van der Waals surface area contributed by atoms with Crippen LogP contribution in [0.2, 0.25) is 0 Å². The molecule has 1 amide bonds. The molecule has 0 unspecified atom stereocenters. The van der Waals surface area contributed by atoms with Gasteiger partial charge in [0.05, 0.1) is 12.8 Å². The van der Waals surface area contributed by atoms with E-state index in [-0.39, 0.29) is 11.6 Å². The maximum atomic E-state index is 13.6. The Bertz CT molecular complexity index is 585. The van der Waals surface area contributed by atoms with E-state index in [1.54, 1.807) is 17.5 Å². The zero-order valence-electron chi connectivity index (χ0n) is 9.37. The maximum Gasteiger partial charge on any atom is 0.266 e. The summed E-state index contributed by atoms with van der Waals surface area (Å²) in [6.45, 7) is 0. The fraction of sp³-hybridized carbons (Fsp3) is 0.0833. The van der Waals surface area contributed by atoms with Crippen molar-refractivity contribution in [2.45, 2.75) is 0 Å². The molecule has 18 heavy (non-hydrogen) atoms. The molecule has 2 aromatic rings. The minimum atomic E-state index is -0.532. The first kappa shape index (κ1) is 13.0. The van der Waals surface area contributed by atoms with Crippen LogP contribution in [-0.4, -0.2) is 13.0 Å². The molecule has 1 heterocycles. The van der Waals surface area contributed by atoms with E-state index in [0.29, 0.717) is 15.1 Å². The molecule has 0 aliphatic rings. The third kappa shape index (κ3) is 2.70. The number of hydrogen-bond acceptors (Lipinski definition) is 3. The van der Waals surface area contributed by atoms with Gasteiger partial charge in [-0.1, -0.05) is 0 Å². The van der Waals surface area contributed by atoms with Gasteiger partial charge in [0.25, 0.3) is 5.91 Å². The van der Waals surface area contributed by atoms with Crippen LogP contribution in [0.25, 0.3) is 0 Å². The van der Waals surface area contributed by atoms with E-state index >= 15 is 0 Å². The Labute approximate surface area is 116 Å². The van der Waals surface area contributed by atoms with Gasteiger partial charge in [0.2, 0.25) is 0 Å². The van der Waals surface area contributed by atoms with Crippen LogP contribution in [-0.2, 0) is 0 Å². The van der Waals surface area contributed by atoms with Crippen LogP contribution >= 0.6 is 27.3 Å². The van der Waals surface area contributed by atoms with Crippen LogP contribution in [0.15, 0.2) is 34.1 Å². The van der Waals surface area contributed by atoms with Crippen LogP contribution < -0.4 is 10.1 Å². The third-order valence-electron chi connectivity index (χ3n) is 2.25. The highest BCUT2D eigenvalue weighted by Crippen LogP contribution is 2.25. The molecule has 0 aliphatic carbocycles. The number of rotatable bonds is 3. The topological polar surface area (TPSA) is 38.3 Å². The van der Waals surface area contributed by atoms with Crippen LogP contribution in [0.1, 0.15) is 9.67 Å². The van der Waals surface area contributed by atoms with E-state index in [0.717, 1.165) is 0 Å². The van der Waals surface area contributed by atoms with Crippen molar-refractivity contribution in [3.8, 4) is 5.75 Å². The lowest BCUT2D eigenvalue weighted by molar-refractivity contribution is 0.102. The van der Waals surface area contributed by atoms with Crippen molar-refractivity contribution in [2.24, 2.45) is 0 Å². The Morgan fingerprint density at radius 3 is 2.78 bits per heavy atom. The summed E-state index contributed by atoms with van der Waals surface area (Å²) >= 11 is 4.54. The average molecular weight is 330 g/mol. The minimum absolute atomic E-state index is 0.126. The largest absolute Gasteiger partial charge is 0.497 e. The van der Waals surface area contributed by atoms with Crippen molar-refractivity contribution in [1.29, 1.82) is 0 Å². The molecular formula is C12H9BrFNO2S. The smallest absolute Gasteiger partial charge is 0.266 e. The molecule has 1 N–H and O–H groups in total. The van der Waals surface area contributed by atoms with Crippen LogP contribution in [0.3, 0.4) is 0 Å². The zero-order valence-corrected chi connectivity index (χ0v) is 11.8. The monoisotopic (exact) mass is 329 g/mol. The van der Waals surface area contributed by atoms with E-state index in [4.69, 9.17) is 4.74 Å². The molecule has 0 radical (unpaired) electrons. The van der Waals surface area contributed by atoms with Gasteiger partial charge in [-0.15, -0.1) is 11.3 Å². The number of ether oxygens (including phenoxy) is 1. The molecule has 3 nitrogen and oxygen atoms in total. The van der Waals surface area contributed by atoms with Gasteiger partial charge in [0.15, 0.2) is 0 Å². The minimum Gasteiger partial charge on any atom is -0.497 e. The standard InChI is InChI=1S/C12H9BrFNO2S/c1-17-7-2-3-10(9(14)6-7)15-12(16)11-8(13)4-5-18-11/h2-6H,1H3,(H,15,16). The number of hydrogen-bond donors (Lipinski definition) is 1. The summed E-state index contributed by atoms with van der Waals surface area (Å²) in [6, 6.07) is 6.04. The van der Waals surface area contributed by atoms with Crippen LogP contribution in [0, 0.1) is 5.82 Å². The molecule has 0 bridgehead atoms. The van der Waals surface area contributed by atoms with Crippen molar-refractivity contribution in [1.82, 2.24) is 0 Å². The van der Waals surface area contributed by atoms with Crippen LogP contribution in [0.4, 0.5) is 10.1 Å². The summed E-state index contributed by atoms with van der Waals surface area (Å²) in [7, 11) is 1.45. The average Bonchev–Trinajstić information content (AvgIpc) is 2.78. The summed E-state index contributed by atoms with van der Waals surface area (Å²) in [5.41, 5.74) is 0.126. The molecule has 0 spiro atoms. The first-order valence-corrected chi connectivity index (χ1v) is 6.67. The second-order valence-corrected chi connectivity index (χ2v) is 5.17. The van der Waals surface area contributed by atoms with E-state index in [1.165, 1.54) is 30.6 Å². The number of halogens is 2. The van der Waals surface area contributed by atoms with Crippen LogP contribution in [0.5, 0.6) is 5.75 Å². The lowest BCUT2D eigenvalue weighted by Gasteiger charge is -2.07. The molecule has 0 aliphatic heterocycles. The second-order valence-electron chi connectivity index (χ2n) is 3.40. The molecule has 1 aromatic heterocycles. The number of nitrogens with one attached hydrogen (secondary N) is 1. The number of carbonyl (C=O) groups excluding carboxylic acids is 1. The highest BCUT2D eigenvalue weighted by Gasteiger charge is 2.13. The second kappa shape index (κ2) is 5.49. The van der Waals surface area contributed by atoms with Gasteiger partial charge >= 0.3 is 0 Å². The van der Waals surface area contributed by atoms with Crippen molar-refractivity contribution in [3.05, 3.63) is 44.8 Å². The fourth-order valence-corrected chi connectivity index (χ4v) is 2.81. The molecule has 0 fully saturated rings. The normalized spacial score (nSPS) is 10.2. The van der Waals surface area contributed by atoms with E-state index < -0.39 is 5.82 Å². The Morgan fingerprint density at radius 2 is 2.22 bits per heavy atom. The molecular weight excluding hydrogens is 321 g/mol. The number of anilines is 1. The van der Waals surface area contributed by atoms with Gasteiger partial charge < -0.3 is 10.1 Å². The summed E-state index contributed by atoms with van der Waals surface area (Å²) in [6.07, 6.45) is 0. The number of amides is 1. The van der Waals surface area contributed by atoms with Crippen molar-refractivity contribution >= 4 is 38.9 Å². The SMILES string of the molecule is COc1ccc(NC(=O)c2sccc2Br)c(F)c1.